The Balaban J connectivity index is 1.68. The minimum Gasteiger partial charge on any atom is -0.295 e. The Morgan fingerprint density at radius 3 is 2.71 bits per heavy atom. The van der Waals surface area contributed by atoms with Gasteiger partial charge in [-0.05, 0) is 84.2 Å². The van der Waals surface area contributed by atoms with Crippen LogP contribution in [0.1, 0.15) is 72.6 Å². The third kappa shape index (κ3) is 2.15. The summed E-state index contributed by atoms with van der Waals surface area (Å²) in [7, 11) is 0. The van der Waals surface area contributed by atoms with E-state index in [-0.39, 0.29) is 5.41 Å². The van der Waals surface area contributed by atoms with Crippen LogP contribution in [0, 0.1) is 40.4 Å². The summed E-state index contributed by atoms with van der Waals surface area (Å²) in [5.41, 5.74) is 2.13. The van der Waals surface area contributed by atoms with Crippen molar-refractivity contribution in [2.45, 2.75) is 72.6 Å². The van der Waals surface area contributed by atoms with E-state index in [9.17, 15) is 4.79 Å². The number of hydrogen-bond acceptors (Lipinski definition) is 1. The van der Waals surface area contributed by atoms with Gasteiger partial charge in [-0.15, -0.1) is 0 Å². The Labute approximate surface area is 148 Å². The Bertz CT molecular complexity index is 599. The molecule has 0 N–H and O–H groups in total. The number of hydrogen-bond donors (Lipinski definition) is 0. The molecule has 132 valence electrons. The highest BCUT2D eigenvalue weighted by Gasteiger charge is 2.58. The first-order valence-corrected chi connectivity index (χ1v) is 10.3. The van der Waals surface area contributed by atoms with Gasteiger partial charge in [0.05, 0.1) is 0 Å². The van der Waals surface area contributed by atoms with Crippen LogP contribution in [-0.4, -0.2) is 5.78 Å². The lowest BCUT2D eigenvalue weighted by Gasteiger charge is -2.56. The summed E-state index contributed by atoms with van der Waals surface area (Å²) < 4.78 is 0. The van der Waals surface area contributed by atoms with E-state index in [2.05, 4.69) is 39.8 Å². The molecule has 0 spiro atoms. The zero-order valence-electron chi connectivity index (χ0n) is 16.0. The summed E-state index contributed by atoms with van der Waals surface area (Å²) in [6.45, 7) is 9.92. The van der Waals surface area contributed by atoms with Gasteiger partial charge in [0.15, 0.2) is 5.78 Å². The Morgan fingerprint density at radius 2 is 1.96 bits per heavy atom. The van der Waals surface area contributed by atoms with E-state index >= 15 is 0 Å². The molecule has 24 heavy (non-hydrogen) atoms. The number of carbonyl (C=O) groups excluding carboxylic acids is 1. The molecule has 0 aromatic rings. The normalized spacial score (nSPS) is 48.3. The maximum absolute atomic E-state index is 11.9. The van der Waals surface area contributed by atoms with Crippen LogP contribution in [0.3, 0.4) is 0 Å². The molecule has 4 aliphatic carbocycles. The first-order valence-electron chi connectivity index (χ1n) is 10.3. The van der Waals surface area contributed by atoms with Gasteiger partial charge in [0, 0.05) is 6.42 Å². The number of rotatable bonds is 2. The van der Waals surface area contributed by atoms with Crippen LogP contribution >= 0.6 is 0 Å². The predicted octanol–water partition coefficient (Wildman–Crippen LogP) is 5.96. The molecule has 7 unspecified atom stereocenters. The minimum absolute atomic E-state index is 0.253. The first kappa shape index (κ1) is 16.6. The van der Waals surface area contributed by atoms with Gasteiger partial charge in [-0.2, -0.15) is 0 Å². The standard InChI is InChI=1S/C23H34O/c1-5-15(2)19-8-9-20-18-7-6-16-14-17(24)10-12-22(16,3)21(18)11-13-23(19,20)4/h6-7,14-15,18-21H,5,8-13H2,1-4H3. The molecule has 0 heterocycles. The second kappa shape index (κ2) is 5.58. The fraction of sp³-hybridized carbons (Fsp3) is 0.783. The van der Waals surface area contributed by atoms with Crippen molar-refractivity contribution in [1.82, 2.24) is 0 Å². The van der Waals surface area contributed by atoms with Gasteiger partial charge < -0.3 is 0 Å². The van der Waals surface area contributed by atoms with Crippen LogP contribution in [0.25, 0.3) is 0 Å². The van der Waals surface area contributed by atoms with Gasteiger partial charge >= 0.3 is 0 Å². The molecule has 0 aromatic heterocycles. The molecule has 1 heteroatoms. The minimum atomic E-state index is 0.253. The summed E-state index contributed by atoms with van der Waals surface area (Å²) in [6.07, 6.45) is 15.6. The highest BCUT2D eigenvalue weighted by molar-refractivity contribution is 5.92. The van der Waals surface area contributed by atoms with Gasteiger partial charge in [0.1, 0.15) is 0 Å². The van der Waals surface area contributed by atoms with E-state index < -0.39 is 0 Å². The lowest BCUT2D eigenvalue weighted by Crippen LogP contribution is -2.49. The molecule has 0 aliphatic heterocycles. The van der Waals surface area contributed by atoms with Crippen molar-refractivity contribution in [2.24, 2.45) is 40.4 Å². The summed E-state index contributed by atoms with van der Waals surface area (Å²) >= 11 is 0. The molecule has 1 nitrogen and oxygen atoms in total. The van der Waals surface area contributed by atoms with Crippen molar-refractivity contribution in [3.63, 3.8) is 0 Å². The average molecular weight is 327 g/mol. The highest BCUT2D eigenvalue weighted by atomic mass is 16.1. The molecule has 4 rings (SSSR count). The Kier molecular flexibility index (Phi) is 3.86. The lowest BCUT2D eigenvalue weighted by atomic mass is 9.48. The summed E-state index contributed by atoms with van der Waals surface area (Å²) in [6, 6.07) is 0. The van der Waals surface area contributed by atoms with Crippen LogP contribution in [0.4, 0.5) is 0 Å². The van der Waals surface area contributed by atoms with Crippen LogP contribution in [0.15, 0.2) is 23.8 Å². The summed E-state index contributed by atoms with van der Waals surface area (Å²) in [4.78, 5) is 11.9. The van der Waals surface area contributed by atoms with Crippen molar-refractivity contribution in [1.29, 1.82) is 0 Å². The van der Waals surface area contributed by atoms with Crippen molar-refractivity contribution >= 4 is 5.78 Å². The quantitative estimate of drug-likeness (QED) is 0.612. The number of allylic oxidation sites excluding steroid dienone is 4. The van der Waals surface area contributed by atoms with Crippen molar-refractivity contribution in [2.75, 3.05) is 0 Å². The molecular formula is C23H34O. The fourth-order valence-corrected chi connectivity index (χ4v) is 7.26. The fourth-order valence-electron chi connectivity index (χ4n) is 7.26. The monoisotopic (exact) mass is 326 g/mol. The number of carbonyl (C=O) groups is 1. The van der Waals surface area contributed by atoms with Crippen LogP contribution in [0.2, 0.25) is 0 Å². The number of ketones is 1. The maximum Gasteiger partial charge on any atom is 0.156 e. The molecule has 4 aliphatic rings. The van der Waals surface area contributed by atoms with Gasteiger partial charge in [-0.3, -0.25) is 4.79 Å². The second-order valence-corrected chi connectivity index (χ2v) is 9.75. The topological polar surface area (TPSA) is 17.1 Å². The zero-order chi connectivity index (χ0) is 17.1. The first-order chi connectivity index (χ1) is 11.4. The average Bonchev–Trinajstić information content (AvgIpc) is 2.92. The van der Waals surface area contributed by atoms with Crippen molar-refractivity contribution in [3.8, 4) is 0 Å². The van der Waals surface area contributed by atoms with Gasteiger partial charge in [0.2, 0.25) is 0 Å². The third-order valence-corrected chi connectivity index (χ3v) is 8.92. The number of fused-ring (bicyclic) bond motifs is 5. The van der Waals surface area contributed by atoms with E-state index in [1.165, 1.54) is 37.7 Å². The van der Waals surface area contributed by atoms with Gasteiger partial charge in [-0.1, -0.05) is 46.3 Å². The molecule has 2 saturated carbocycles. The molecule has 2 fully saturated rings. The molecule has 0 radical (unpaired) electrons. The summed E-state index contributed by atoms with van der Waals surface area (Å²) in [5, 5.41) is 0. The molecule has 7 atom stereocenters. The highest BCUT2D eigenvalue weighted by Crippen LogP contribution is 2.66. The van der Waals surface area contributed by atoms with Crippen molar-refractivity contribution < 1.29 is 4.79 Å². The lowest BCUT2D eigenvalue weighted by molar-refractivity contribution is -0.116. The van der Waals surface area contributed by atoms with Crippen LogP contribution < -0.4 is 0 Å². The van der Waals surface area contributed by atoms with E-state index in [4.69, 9.17) is 0 Å². The molecule has 0 amide bonds. The van der Waals surface area contributed by atoms with Gasteiger partial charge in [-0.25, -0.2) is 0 Å². The molecule has 0 bridgehead atoms. The largest absolute Gasteiger partial charge is 0.295 e. The zero-order valence-corrected chi connectivity index (χ0v) is 16.0. The van der Waals surface area contributed by atoms with E-state index in [1.54, 1.807) is 0 Å². The summed E-state index contributed by atoms with van der Waals surface area (Å²) in [5.74, 6) is 4.48. The Hall–Kier alpha value is -0.850. The molecular weight excluding hydrogens is 292 g/mol. The van der Waals surface area contributed by atoms with Crippen LogP contribution in [-0.2, 0) is 4.79 Å². The maximum atomic E-state index is 11.9. The predicted molar refractivity (Wildman–Crippen MR) is 99.6 cm³/mol. The SMILES string of the molecule is CCC(C)C1CCC2C3C=CC4=CC(=O)CCC4(C)C3CCC12C. The molecule has 0 aromatic carbocycles. The van der Waals surface area contributed by atoms with E-state index in [0.717, 1.165) is 42.4 Å². The smallest absolute Gasteiger partial charge is 0.156 e. The van der Waals surface area contributed by atoms with E-state index in [0.29, 0.717) is 11.2 Å². The van der Waals surface area contributed by atoms with Crippen molar-refractivity contribution in [3.05, 3.63) is 23.8 Å². The van der Waals surface area contributed by atoms with Gasteiger partial charge in [0.25, 0.3) is 0 Å². The molecule has 0 saturated heterocycles. The Morgan fingerprint density at radius 1 is 1.17 bits per heavy atom. The van der Waals surface area contributed by atoms with Crippen LogP contribution in [0.5, 0.6) is 0 Å². The van der Waals surface area contributed by atoms with E-state index in [1.807, 2.05) is 6.08 Å². The second-order valence-electron chi connectivity index (χ2n) is 9.75. The third-order valence-electron chi connectivity index (χ3n) is 8.92.